The van der Waals surface area contributed by atoms with Gasteiger partial charge >= 0.3 is 6.18 Å². The molecule has 1 unspecified atom stereocenters. The summed E-state index contributed by atoms with van der Waals surface area (Å²) in [6.07, 6.45) is -2.69. The molecule has 1 aliphatic heterocycles. The van der Waals surface area contributed by atoms with E-state index in [1.807, 2.05) is 6.92 Å². The number of nitrogens with two attached hydrogens (primary N) is 1. The predicted octanol–water partition coefficient (Wildman–Crippen LogP) is 3.23. The number of nitrogens with one attached hydrogen (secondary N) is 2. The molecule has 0 radical (unpaired) electrons. The van der Waals surface area contributed by atoms with Crippen molar-refractivity contribution in [1.82, 2.24) is 15.3 Å². The quantitative estimate of drug-likeness (QED) is 0.460. The largest absolute Gasteiger partial charge is 0.467 e. The van der Waals surface area contributed by atoms with E-state index >= 15 is 4.39 Å². The number of alkyl halides is 3. The first-order valence-corrected chi connectivity index (χ1v) is 12.1. The van der Waals surface area contributed by atoms with Crippen LogP contribution < -0.4 is 21.1 Å². The van der Waals surface area contributed by atoms with Crippen LogP contribution in [0.5, 0.6) is 5.88 Å². The summed E-state index contributed by atoms with van der Waals surface area (Å²) in [6, 6.07) is 3.93. The van der Waals surface area contributed by atoms with Gasteiger partial charge in [0.15, 0.2) is 11.8 Å². The summed E-state index contributed by atoms with van der Waals surface area (Å²) in [5.74, 6) is -2.39. The summed E-state index contributed by atoms with van der Waals surface area (Å²) >= 11 is 1.18. The monoisotopic (exact) mass is 540 g/mol. The Bertz CT molecular complexity index is 1260. The maximum Gasteiger partial charge on any atom is 0.422 e. The molecule has 1 aliphatic carbocycles. The SMILES string of the molecule is CCNC(=O)[C@@]12SC(N)=N[C@](C)(c3cc(NC(=O)c4cnc(OCC(F)(F)F)cn4)ccc3F)C1[C@@H]2C. The molecule has 198 valence electrons. The fourth-order valence-corrected chi connectivity index (χ4v) is 6.42. The van der Waals surface area contributed by atoms with Gasteiger partial charge in [-0.3, -0.25) is 14.6 Å². The lowest BCUT2D eigenvalue weighted by Gasteiger charge is -2.33. The van der Waals surface area contributed by atoms with Crippen molar-refractivity contribution in [2.24, 2.45) is 22.6 Å². The van der Waals surface area contributed by atoms with Gasteiger partial charge in [0.2, 0.25) is 11.8 Å². The Labute approximate surface area is 213 Å². The molecule has 0 spiro atoms. The van der Waals surface area contributed by atoms with Crippen LogP contribution in [0.2, 0.25) is 0 Å². The molecule has 1 aromatic carbocycles. The van der Waals surface area contributed by atoms with Crippen molar-refractivity contribution in [2.75, 3.05) is 18.5 Å². The lowest BCUT2D eigenvalue weighted by atomic mass is 9.84. The van der Waals surface area contributed by atoms with Crippen molar-refractivity contribution in [3.05, 3.63) is 47.7 Å². The number of carbonyl (C=O) groups is 2. The van der Waals surface area contributed by atoms with E-state index in [9.17, 15) is 22.8 Å². The normalized spacial score (nSPS) is 26.5. The number of halogens is 4. The van der Waals surface area contributed by atoms with Crippen LogP contribution in [0.4, 0.5) is 23.2 Å². The molecule has 2 aliphatic rings. The number of hydrogen-bond acceptors (Lipinski definition) is 8. The number of carbonyl (C=O) groups excluding carboxylic acids is 2. The molecule has 14 heteroatoms. The third-order valence-corrected chi connectivity index (χ3v) is 7.91. The molecular formula is C23H24F4N6O3S. The number of anilines is 1. The number of aromatic nitrogens is 2. The van der Waals surface area contributed by atoms with Gasteiger partial charge in [-0.2, -0.15) is 13.2 Å². The summed E-state index contributed by atoms with van der Waals surface area (Å²) in [4.78, 5) is 37.6. The van der Waals surface area contributed by atoms with Crippen LogP contribution in [0.25, 0.3) is 0 Å². The van der Waals surface area contributed by atoms with Crippen LogP contribution in [-0.4, -0.2) is 51.0 Å². The summed E-state index contributed by atoms with van der Waals surface area (Å²) in [5, 5.41) is 5.56. The highest BCUT2D eigenvalue weighted by Gasteiger charge is 2.76. The van der Waals surface area contributed by atoms with Gasteiger partial charge in [-0.1, -0.05) is 18.7 Å². The Balaban J connectivity index is 1.56. The third-order valence-electron chi connectivity index (χ3n) is 6.46. The molecule has 4 atom stereocenters. The molecule has 0 saturated heterocycles. The molecule has 2 heterocycles. The molecule has 2 aromatic rings. The van der Waals surface area contributed by atoms with Gasteiger partial charge < -0.3 is 21.1 Å². The maximum atomic E-state index is 15.1. The first-order chi connectivity index (χ1) is 17.3. The highest BCUT2D eigenvalue weighted by atomic mass is 32.2. The number of aliphatic imine (C=N–C) groups is 1. The average Bonchev–Trinajstić information content (AvgIpc) is 3.44. The lowest BCUT2D eigenvalue weighted by molar-refractivity contribution is -0.154. The number of amides is 2. The fraction of sp³-hybridized carbons (Fsp3) is 0.435. The maximum absolute atomic E-state index is 15.1. The highest BCUT2D eigenvalue weighted by molar-refractivity contribution is 8.15. The minimum Gasteiger partial charge on any atom is -0.467 e. The number of rotatable bonds is 7. The summed E-state index contributed by atoms with van der Waals surface area (Å²) < 4.78 is 55.6. The van der Waals surface area contributed by atoms with Crippen LogP contribution in [0.3, 0.4) is 0 Å². The van der Waals surface area contributed by atoms with Gasteiger partial charge in [0.1, 0.15) is 16.3 Å². The van der Waals surface area contributed by atoms with E-state index in [4.69, 9.17) is 5.73 Å². The van der Waals surface area contributed by atoms with Crippen molar-refractivity contribution < 1.29 is 31.9 Å². The molecular weight excluding hydrogens is 516 g/mol. The standard InChI is InChI=1S/C23H24F4N6O3S/c1-4-29-19(35)23-11(2)17(23)21(3,33-20(28)37-23)13-7-12(5-6-14(13)24)32-18(34)15-8-31-16(9-30-15)36-10-22(25,26)27/h5-9,11,17H,4,10H2,1-3H3,(H2,28,33)(H,29,35)(H,32,34)/t11-,17?,21+,23-/m0/s1. The zero-order valence-electron chi connectivity index (χ0n) is 20.0. The third kappa shape index (κ3) is 4.93. The van der Waals surface area contributed by atoms with Gasteiger partial charge in [-0.15, -0.1) is 0 Å². The number of ether oxygens (including phenoxy) is 1. The molecule has 4 N–H and O–H groups in total. The highest BCUT2D eigenvalue weighted by Crippen LogP contribution is 2.69. The molecule has 1 aromatic heterocycles. The second kappa shape index (κ2) is 9.47. The van der Waals surface area contributed by atoms with E-state index in [0.29, 0.717) is 6.54 Å². The van der Waals surface area contributed by atoms with Gasteiger partial charge in [-0.25, -0.2) is 14.4 Å². The Kier molecular flexibility index (Phi) is 6.82. The molecule has 1 fully saturated rings. The Morgan fingerprint density at radius 3 is 2.59 bits per heavy atom. The van der Waals surface area contributed by atoms with Crippen LogP contribution in [0, 0.1) is 17.7 Å². The lowest BCUT2D eigenvalue weighted by Crippen LogP contribution is -2.44. The number of benzene rings is 1. The first-order valence-electron chi connectivity index (χ1n) is 11.3. The first kappa shape index (κ1) is 26.6. The van der Waals surface area contributed by atoms with Crippen LogP contribution in [0.1, 0.15) is 36.8 Å². The van der Waals surface area contributed by atoms with Gasteiger partial charge in [0, 0.05) is 23.7 Å². The minimum absolute atomic E-state index is 0.148. The molecule has 1 saturated carbocycles. The van der Waals surface area contributed by atoms with Gasteiger partial charge in [-0.05, 0) is 38.0 Å². The van der Waals surface area contributed by atoms with E-state index in [0.717, 1.165) is 12.4 Å². The second-order valence-electron chi connectivity index (χ2n) is 8.91. The van der Waals surface area contributed by atoms with Gasteiger partial charge in [0.05, 0.1) is 17.9 Å². The van der Waals surface area contributed by atoms with Gasteiger partial charge in [0.25, 0.3) is 5.91 Å². The van der Waals surface area contributed by atoms with Crippen molar-refractivity contribution in [3.63, 3.8) is 0 Å². The second-order valence-corrected chi connectivity index (χ2v) is 10.2. The minimum atomic E-state index is -4.54. The number of amidine groups is 1. The summed E-state index contributed by atoms with van der Waals surface area (Å²) in [6.45, 7) is 4.29. The smallest absolute Gasteiger partial charge is 0.422 e. The van der Waals surface area contributed by atoms with E-state index in [1.165, 1.54) is 30.0 Å². The van der Waals surface area contributed by atoms with E-state index in [-0.39, 0.29) is 39.9 Å². The number of fused-ring (bicyclic) bond motifs is 1. The van der Waals surface area contributed by atoms with Crippen LogP contribution in [0.15, 0.2) is 35.6 Å². The molecule has 4 rings (SSSR count). The predicted molar refractivity (Wildman–Crippen MR) is 129 cm³/mol. The Hall–Kier alpha value is -3.42. The Morgan fingerprint density at radius 2 is 1.97 bits per heavy atom. The van der Waals surface area contributed by atoms with E-state index in [2.05, 4.69) is 30.3 Å². The van der Waals surface area contributed by atoms with E-state index < -0.39 is 40.7 Å². The van der Waals surface area contributed by atoms with Crippen molar-refractivity contribution in [1.29, 1.82) is 0 Å². The molecule has 0 bridgehead atoms. The molecule has 2 amide bonds. The zero-order valence-corrected chi connectivity index (χ0v) is 20.8. The van der Waals surface area contributed by atoms with Crippen molar-refractivity contribution in [3.8, 4) is 5.88 Å². The van der Waals surface area contributed by atoms with Crippen LogP contribution in [-0.2, 0) is 10.3 Å². The fourth-order valence-electron chi connectivity index (χ4n) is 4.86. The topological polar surface area (TPSA) is 132 Å². The van der Waals surface area contributed by atoms with E-state index in [1.54, 1.807) is 13.8 Å². The van der Waals surface area contributed by atoms with Crippen molar-refractivity contribution in [2.45, 2.75) is 37.2 Å². The number of thioether (sulfide) groups is 1. The van der Waals surface area contributed by atoms with Crippen molar-refractivity contribution >= 4 is 34.4 Å². The molecule has 37 heavy (non-hydrogen) atoms. The molecule has 9 nitrogen and oxygen atoms in total. The number of nitrogens with zero attached hydrogens (tertiary/aromatic N) is 3. The average molecular weight is 541 g/mol. The summed E-state index contributed by atoms with van der Waals surface area (Å²) in [5.41, 5.74) is 5.09. The van der Waals surface area contributed by atoms with Crippen LogP contribution >= 0.6 is 11.8 Å². The summed E-state index contributed by atoms with van der Waals surface area (Å²) in [7, 11) is 0. The zero-order chi connectivity index (χ0) is 27.2. The Morgan fingerprint density at radius 1 is 1.24 bits per heavy atom. The number of hydrogen-bond donors (Lipinski definition) is 3.